The van der Waals surface area contributed by atoms with E-state index in [-0.39, 0.29) is 43.1 Å². The highest BCUT2D eigenvalue weighted by atomic mass is 19.1. The Morgan fingerprint density at radius 2 is 1.60 bits per heavy atom. The molecule has 5 rings (SSSR count). The molecule has 1 saturated heterocycles. The zero-order valence-corrected chi connectivity index (χ0v) is 22.9. The first-order valence-electron chi connectivity index (χ1n) is 13.5. The Morgan fingerprint density at radius 3 is 2.28 bits per heavy atom. The first-order chi connectivity index (χ1) is 20.6. The monoisotopic (exact) mass is 590 g/mol. The van der Waals surface area contributed by atoms with Crippen LogP contribution in [0, 0.1) is 21.7 Å². The summed E-state index contributed by atoms with van der Waals surface area (Å²) >= 11 is 0. The molecule has 0 unspecified atom stereocenters. The fourth-order valence-electron chi connectivity index (χ4n) is 5.09. The summed E-state index contributed by atoms with van der Waals surface area (Å²) in [4.78, 5) is 54.2. The van der Waals surface area contributed by atoms with Crippen molar-refractivity contribution in [1.82, 2.24) is 14.0 Å². The number of benzene rings is 3. The van der Waals surface area contributed by atoms with Gasteiger partial charge < -0.3 is 10.6 Å². The molecular weight excluding hydrogens is 562 g/mol. The average molecular weight is 591 g/mol. The summed E-state index contributed by atoms with van der Waals surface area (Å²) in [5.74, 6) is -2.17. The van der Waals surface area contributed by atoms with Crippen molar-refractivity contribution < 1.29 is 18.5 Å². The van der Waals surface area contributed by atoms with Crippen LogP contribution in [0.1, 0.15) is 22.7 Å². The van der Waals surface area contributed by atoms with Crippen molar-refractivity contribution in [3.05, 3.63) is 138 Å². The van der Waals surface area contributed by atoms with E-state index in [1.165, 1.54) is 23.1 Å². The van der Waals surface area contributed by atoms with Crippen LogP contribution in [0.2, 0.25) is 0 Å². The Hall–Kier alpha value is -5.01. The number of hydrogen-bond acceptors (Lipinski definition) is 7. The second kappa shape index (κ2) is 12.5. The molecule has 3 aromatic carbocycles. The lowest BCUT2D eigenvalue weighted by atomic mass is 10.1. The van der Waals surface area contributed by atoms with Crippen LogP contribution in [0.4, 0.5) is 20.2 Å². The highest BCUT2D eigenvalue weighted by Crippen LogP contribution is 2.19. The molecule has 11 nitrogen and oxygen atoms in total. The number of nitrogens with two attached hydrogens (primary N) is 1. The predicted octanol–water partition coefficient (Wildman–Crippen LogP) is 2.79. The summed E-state index contributed by atoms with van der Waals surface area (Å²) in [5, 5.41) is 11.1. The molecule has 0 radical (unpaired) electrons. The van der Waals surface area contributed by atoms with Gasteiger partial charge in [-0.3, -0.25) is 33.7 Å². The maximum Gasteiger partial charge on any atom is 0.331 e. The minimum atomic E-state index is -0.863. The minimum absolute atomic E-state index is 0.0646. The van der Waals surface area contributed by atoms with E-state index in [1.807, 2.05) is 0 Å². The van der Waals surface area contributed by atoms with Gasteiger partial charge in [0.1, 0.15) is 17.3 Å². The molecule has 4 aromatic rings. The van der Waals surface area contributed by atoms with E-state index in [9.17, 15) is 33.3 Å². The third-order valence-electron chi connectivity index (χ3n) is 7.33. The largest absolute Gasteiger partial charge is 0.331 e. The molecular formula is C30H28F2N6O5. The molecule has 222 valence electrons. The number of carbonyl (C=O) groups is 1. The molecule has 2 N–H and O–H groups in total. The van der Waals surface area contributed by atoms with Gasteiger partial charge in [-0.05, 0) is 23.3 Å². The van der Waals surface area contributed by atoms with Crippen molar-refractivity contribution in [2.75, 3.05) is 24.5 Å². The quantitative estimate of drug-likeness (QED) is 0.234. The number of anilines is 1. The number of aromatic nitrogens is 2. The SMILES string of the molecule is N[C@H](Cn1c(=O)c(N2CCN(Cc3cccc([N+](=O)[O-])c3)CC2=O)cn(Cc2c(F)cccc2F)c1=O)c1ccccc1. The number of carbonyl (C=O) groups excluding carboxylic acids is 1. The average Bonchev–Trinajstić information content (AvgIpc) is 2.99. The van der Waals surface area contributed by atoms with Gasteiger partial charge in [0.25, 0.3) is 11.2 Å². The molecule has 1 atom stereocenters. The minimum Gasteiger partial charge on any atom is -0.322 e. The predicted molar refractivity (Wildman–Crippen MR) is 155 cm³/mol. The number of nitrogens with zero attached hydrogens (tertiary/aromatic N) is 5. The summed E-state index contributed by atoms with van der Waals surface area (Å²) in [7, 11) is 0. The number of non-ortho nitro benzene ring substituents is 1. The van der Waals surface area contributed by atoms with E-state index in [1.54, 1.807) is 47.4 Å². The highest BCUT2D eigenvalue weighted by molar-refractivity contribution is 5.95. The third-order valence-corrected chi connectivity index (χ3v) is 7.33. The Balaban J connectivity index is 1.47. The molecule has 43 heavy (non-hydrogen) atoms. The van der Waals surface area contributed by atoms with Crippen molar-refractivity contribution in [2.24, 2.45) is 5.73 Å². The molecule has 0 bridgehead atoms. The van der Waals surface area contributed by atoms with Crippen LogP contribution < -0.4 is 21.9 Å². The van der Waals surface area contributed by atoms with Crippen LogP contribution in [0.5, 0.6) is 0 Å². The first-order valence-corrected chi connectivity index (χ1v) is 13.5. The van der Waals surface area contributed by atoms with Crippen molar-refractivity contribution in [2.45, 2.75) is 25.7 Å². The van der Waals surface area contributed by atoms with E-state index in [4.69, 9.17) is 5.73 Å². The lowest BCUT2D eigenvalue weighted by Crippen LogP contribution is -2.53. The van der Waals surface area contributed by atoms with Gasteiger partial charge in [0, 0.05) is 49.6 Å². The zero-order valence-electron chi connectivity index (χ0n) is 22.9. The van der Waals surface area contributed by atoms with E-state index in [2.05, 4.69) is 0 Å². The van der Waals surface area contributed by atoms with Crippen molar-refractivity contribution >= 4 is 17.3 Å². The van der Waals surface area contributed by atoms with E-state index in [0.29, 0.717) is 17.7 Å². The van der Waals surface area contributed by atoms with Crippen LogP contribution in [0.3, 0.4) is 0 Å². The van der Waals surface area contributed by atoms with Crippen LogP contribution in [0.25, 0.3) is 0 Å². The Bertz CT molecular complexity index is 1770. The van der Waals surface area contributed by atoms with Gasteiger partial charge in [-0.1, -0.05) is 48.5 Å². The summed E-state index contributed by atoms with van der Waals surface area (Å²) < 4.78 is 31.0. The second-order valence-corrected chi connectivity index (χ2v) is 10.2. The van der Waals surface area contributed by atoms with Gasteiger partial charge in [0.15, 0.2) is 0 Å². The number of nitro benzene ring substituents is 1. The molecule has 13 heteroatoms. The lowest BCUT2D eigenvalue weighted by Gasteiger charge is -2.34. The number of amides is 1. The lowest BCUT2D eigenvalue weighted by molar-refractivity contribution is -0.384. The van der Waals surface area contributed by atoms with Gasteiger partial charge in [0.05, 0.1) is 24.6 Å². The van der Waals surface area contributed by atoms with E-state index >= 15 is 0 Å². The van der Waals surface area contributed by atoms with Crippen molar-refractivity contribution in [3.63, 3.8) is 0 Å². The third kappa shape index (κ3) is 6.42. The fraction of sp³-hybridized carbons (Fsp3) is 0.233. The molecule has 0 saturated carbocycles. The van der Waals surface area contributed by atoms with Gasteiger partial charge >= 0.3 is 5.69 Å². The number of rotatable bonds is 9. The molecule has 2 heterocycles. The van der Waals surface area contributed by atoms with Crippen LogP contribution in [-0.2, 0) is 24.4 Å². The van der Waals surface area contributed by atoms with Gasteiger partial charge in [0.2, 0.25) is 5.91 Å². The zero-order chi connectivity index (χ0) is 30.7. The fourth-order valence-corrected chi connectivity index (χ4v) is 5.09. The van der Waals surface area contributed by atoms with Gasteiger partial charge in [-0.15, -0.1) is 0 Å². The molecule has 1 aromatic heterocycles. The molecule has 1 fully saturated rings. The number of piperazine rings is 1. The molecule has 1 aliphatic heterocycles. The summed E-state index contributed by atoms with van der Waals surface area (Å²) in [6, 6.07) is 17.5. The molecule has 1 amide bonds. The number of nitro groups is 1. The Morgan fingerprint density at radius 1 is 0.907 bits per heavy atom. The molecule has 1 aliphatic rings. The topological polar surface area (TPSA) is 137 Å². The highest BCUT2D eigenvalue weighted by Gasteiger charge is 2.29. The van der Waals surface area contributed by atoms with Gasteiger partial charge in [-0.2, -0.15) is 0 Å². The van der Waals surface area contributed by atoms with Crippen LogP contribution >= 0.6 is 0 Å². The number of halogens is 2. The van der Waals surface area contributed by atoms with E-state index in [0.717, 1.165) is 27.5 Å². The van der Waals surface area contributed by atoms with Crippen LogP contribution in [0.15, 0.2) is 88.6 Å². The maximum atomic E-state index is 14.5. The number of hydrogen-bond donors (Lipinski definition) is 1. The van der Waals surface area contributed by atoms with Crippen molar-refractivity contribution in [1.29, 1.82) is 0 Å². The second-order valence-electron chi connectivity index (χ2n) is 10.2. The summed E-state index contributed by atoms with van der Waals surface area (Å²) in [6.45, 7) is -0.211. The first kappa shape index (κ1) is 29.5. The van der Waals surface area contributed by atoms with Crippen molar-refractivity contribution in [3.8, 4) is 0 Å². The molecule has 0 spiro atoms. The Labute approximate surface area is 244 Å². The standard InChI is InChI=1S/C30H28F2N6O5/c31-24-10-5-11-25(32)23(24)16-35-18-27(29(40)37(30(35)41)17-26(33)21-7-2-1-3-8-21)36-13-12-34(19-28(36)39)15-20-6-4-9-22(14-20)38(42)43/h1-11,14,18,26H,12-13,15-17,19,33H2/t26-/m1/s1. The summed E-state index contributed by atoms with van der Waals surface area (Å²) in [6.07, 6.45) is 1.15. The summed E-state index contributed by atoms with van der Waals surface area (Å²) in [5.41, 5.74) is 5.48. The Kier molecular flexibility index (Phi) is 8.55. The maximum absolute atomic E-state index is 14.5. The van der Waals surface area contributed by atoms with E-state index < -0.39 is 46.3 Å². The smallest absolute Gasteiger partial charge is 0.322 e. The molecule has 0 aliphatic carbocycles. The normalized spacial score (nSPS) is 14.6. The van der Waals surface area contributed by atoms with Crippen LogP contribution in [-0.4, -0.2) is 44.5 Å². The van der Waals surface area contributed by atoms with Gasteiger partial charge in [-0.25, -0.2) is 13.6 Å².